The van der Waals surface area contributed by atoms with Gasteiger partial charge in [0.2, 0.25) is 0 Å². The van der Waals surface area contributed by atoms with E-state index in [1.165, 1.54) is 12.1 Å². The average molecular weight is 278 g/mol. The predicted molar refractivity (Wildman–Crippen MR) is 75.6 cm³/mol. The monoisotopic (exact) mass is 277 g/mol. The van der Waals surface area contributed by atoms with Crippen molar-refractivity contribution >= 4 is 23.1 Å². The second-order valence-electron chi connectivity index (χ2n) is 4.07. The van der Waals surface area contributed by atoms with Gasteiger partial charge in [-0.3, -0.25) is 10.1 Å². The number of hydrogen-bond donors (Lipinski definition) is 1. The molecule has 0 unspecified atom stereocenters. The topological polar surface area (TPSA) is 68.1 Å². The van der Waals surface area contributed by atoms with E-state index in [0.717, 1.165) is 11.1 Å². The lowest BCUT2D eigenvalue weighted by molar-refractivity contribution is -0.384. The van der Waals surface area contributed by atoms with Gasteiger partial charge in [0.15, 0.2) is 0 Å². The third-order valence-electron chi connectivity index (χ3n) is 2.74. The van der Waals surface area contributed by atoms with E-state index in [4.69, 9.17) is 11.6 Å². The first-order chi connectivity index (χ1) is 9.01. The Labute approximate surface area is 115 Å². The molecule has 19 heavy (non-hydrogen) atoms. The van der Waals surface area contributed by atoms with E-state index in [0.29, 0.717) is 16.5 Å². The molecule has 0 aliphatic carbocycles. The molecule has 2 rings (SSSR count). The SMILES string of the molecule is CNc1cc([N+](=O)[O-])cc(-c2ccc(C)c(Cl)c2)n1. The van der Waals surface area contributed by atoms with Gasteiger partial charge in [0.25, 0.3) is 5.69 Å². The number of halogens is 1. The van der Waals surface area contributed by atoms with Crippen LogP contribution in [0, 0.1) is 17.0 Å². The van der Waals surface area contributed by atoms with Gasteiger partial charge < -0.3 is 5.32 Å². The van der Waals surface area contributed by atoms with Crippen molar-refractivity contribution in [3.05, 3.63) is 51.0 Å². The molecule has 1 aromatic carbocycles. The number of hydrogen-bond acceptors (Lipinski definition) is 4. The van der Waals surface area contributed by atoms with Gasteiger partial charge in [0.1, 0.15) is 5.82 Å². The van der Waals surface area contributed by atoms with Gasteiger partial charge in [0.05, 0.1) is 16.7 Å². The molecule has 0 aliphatic rings. The lowest BCUT2D eigenvalue weighted by atomic mass is 10.1. The van der Waals surface area contributed by atoms with Crippen LogP contribution in [0.1, 0.15) is 5.56 Å². The molecule has 6 heteroatoms. The summed E-state index contributed by atoms with van der Waals surface area (Å²) < 4.78 is 0. The highest BCUT2D eigenvalue weighted by atomic mass is 35.5. The summed E-state index contributed by atoms with van der Waals surface area (Å²) in [6.45, 7) is 1.89. The fourth-order valence-corrected chi connectivity index (χ4v) is 1.83. The average Bonchev–Trinajstić information content (AvgIpc) is 2.41. The van der Waals surface area contributed by atoms with Crippen molar-refractivity contribution in [2.75, 3.05) is 12.4 Å². The highest BCUT2D eigenvalue weighted by molar-refractivity contribution is 6.31. The Kier molecular flexibility index (Phi) is 3.66. The van der Waals surface area contributed by atoms with E-state index in [1.807, 2.05) is 19.1 Å². The second-order valence-corrected chi connectivity index (χ2v) is 4.47. The fourth-order valence-electron chi connectivity index (χ4n) is 1.65. The number of anilines is 1. The van der Waals surface area contributed by atoms with Gasteiger partial charge >= 0.3 is 0 Å². The molecule has 0 saturated carbocycles. The summed E-state index contributed by atoms with van der Waals surface area (Å²) >= 11 is 6.06. The molecular weight excluding hydrogens is 266 g/mol. The minimum absolute atomic E-state index is 0.00829. The van der Waals surface area contributed by atoms with Crippen LogP contribution in [0.4, 0.5) is 11.5 Å². The molecule has 0 amide bonds. The first-order valence-corrected chi connectivity index (χ1v) is 6.00. The standard InChI is InChI=1S/C13H12ClN3O2/c1-8-3-4-9(5-11(8)14)12-6-10(17(18)19)7-13(15-2)16-12/h3-7H,1-2H3,(H,15,16). The van der Waals surface area contributed by atoms with Gasteiger partial charge in [-0.1, -0.05) is 23.7 Å². The molecule has 0 aliphatic heterocycles. The molecule has 0 radical (unpaired) electrons. The van der Waals surface area contributed by atoms with Gasteiger partial charge in [-0.05, 0) is 18.6 Å². The Morgan fingerprint density at radius 2 is 2.05 bits per heavy atom. The Balaban J connectivity index is 2.57. The lowest BCUT2D eigenvalue weighted by Gasteiger charge is -2.06. The molecule has 0 bridgehead atoms. The maximum atomic E-state index is 10.9. The van der Waals surface area contributed by atoms with E-state index in [1.54, 1.807) is 13.1 Å². The van der Waals surface area contributed by atoms with Crippen LogP contribution >= 0.6 is 11.6 Å². The highest BCUT2D eigenvalue weighted by Gasteiger charge is 2.12. The van der Waals surface area contributed by atoms with E-state index in [-0.39, 0.29) is 5.69 Å². The van der Waals surface area contributed by atoms with Crippen LogP contribution in [0.3, 0.4) is 0 Å². The van der Waals surface area contributed by atoms with Gasteiger partial charge in [-0.2, -0.15) is 0 Å². The molecule has 1 heterocycles. The quantitative estimate of drug-likeness (QED) is 0.687. The van der Waals surface area contributed by atoms with Crippen molar-refractivity contribution in [1.29, 1.82) is 0 Å². The first kappa shape index (κ1) is 13.3. The van der Waals surface area contributed by atoms with Crippen LogP contribution in [0.5, 0.6) is 0 Å². The van der Waals surface area contributed by atoms with E-state index >= 15 is 0 Å². The Morgan fingerprint density at radius 1 is 1.32 bits per heavy atom. The van der Waals surface area contributed by atoms with Crippen LogP contribution in [-0.2, 0) is 0 Å². The zero-order chi connectivity index (χ0) is 14.0. The molecule has 0 fully saturated rings. The van der Waals surface area contributed by atoms with Gasteiger partial charge in [0, 0.05) is 23.7 Å². The summed E-state index contributed by atoms with van der Waals surface area (Å²) in [5, 5.41) is 14.3. The van der Waals surface area contributed by atoms with Crippen molar-refractivity contribution < 1.29 is 4.92 Å². The predicted octanol–water partition coefficient (Wildman–Crippen LogP) is 3.66. The molecule has 0 saturated heterocycles. The summed E-state index contributed by atoms with van der Waals surface area (Å²) in [4.78, 5) is 14.8. The van der Waals surface area contributed by atoms with E-state index in [2.05, 4.69) is 10.3 Å². The summed E-state index contributed by atoms with van der Waals surface area (Å²) in [7, 11) is 1.66. The Hall–Kier alpha value is -2.14. The molecule has 2 aromatic rings. The molecule has 98 valence electrons. The smallest absolute Gasteiger partial charge is 0.275 e. The molecule has 1 N–H and O–H groups in total. The normalized spacial score (nSPS) is 10.3. The van der Waals surface area contributed by atoms with Crippen molar-refractivity contribution in [3.8, 4) is 11.3 Å². The maximum Gasteiger partial charge on any atom is 0.275 e. The van der Waals surface area contributed by atoms with Crippen molar-refractivity contribution in [2.45, 2.75) is 6.92 Å². The summed E-state index contributed by atoms with van der Waals surface area (Å²) in [5.41, 5.74) is 2.20. The number of rotatable bonds is 3. The summed E-state index contributed by atoms with van der Waals surface area (Å²) in [6.07, 6.45) is 0. The number of pyridine rings is 1. The van der Waals surface area contributed by atoms with Gasteiger partial charge in [-0.25, -0.2) is 4.98 Å². The summed E-state index contributed by atoms with van der Waals surface area (Å²) in [6, 6.07) is 8.27. The van der Waals surface area contributed by atoms with Crippen LogP contribution in [-0.4, -0.2) is 17.0 Å². The minimum Gasteiger partial charge on any atom is -0.373 e. The second kappa shape index (κ2) is 5.24. The van der Waals surface area contributed by atoms with Crippen molar-refractivity contribution in [2.24, 2.45) is 0 Å². The number of nitro groups is 1. The van der Waals surface area contributed by atoms with Crippen LogP contribution < -0.4 is 5.32 Å². The van der Waals surface area contributed by atoms with Crippen LogP contribution in [0.25, 0.3) is 11.3 Å². The van der Waals surface area contributed by atoms with Crippen molar-refractivity contribution in [1.82, 2.24) is 4.98 Å². The zero-order valence-corrected chi connectivity index (χ0v) is 11.2. The molecule has 1 aromatic heterocycles. The number of nitrogens with zero attached hydrogens (tertiary/aromatic N) is 2. The van der Waals surface area contributed by atoms with E-state index in [9.17, 15) is 10.1 Å². The number of aromatic nitrogens is 1. The molecule has 0 atom stereocenters. The van der Waals surface area contributed by atoms with Gasteiger partial charge in [-0.15, -0.1) is 0 Å². The molecular formula is C13H12ClN3O2. The van der Waals surface area contributed by atoms with E-state index < -0.39 is 4.92 Å². The highest BCUT2D eigenvalue weighted by Crippen LogP contribution is 2.28. The zero-order valence-electron chi connectivity index (χ0n) is 10.5. The fraction of sp³-hybridized carbons (Fsp3) is 0.154. The minimum atomic E-state index is -0.443. The van der Waals surface area contributed by atoms with Crippen molar-refractivity contribution in [3.63, 3.8) is 0 Å². The Morgan fingerprint density at radius 3 is 2.63 bits per heavy atom. The first-order valence-electron chi connectivity index (χ1n) is 5.62. The maximum absolute atomic E-state index is 10.9. The van der Waals surface area contributed by atoms with Crippen LogP contribution in [0.2, 0.25) is 5.02 Å². The Bertz CT molecular complexity index is 644. The third kappa shape index (κ3) is 2.82. The number of aryl methyl sites for hydroxylation is 1. The summed E-state index contributed by atoms with van der Waals surface area (Å²) in [5.74, 6) is 0.445. The largest absolute Gasteiger partial charge is 0.373 e. The molecule has 0 spiro atoms. The lowest BCUT2D eigenvalue weighted by Crippen LogP contribution is -1.97. The molecule has 5 nitrogen and oxygen atoms in total. The number of nitrogens with one attached hydrogen (secondary N) is 1. The third-order valence-corrected chi connectivity index (χ3v) is 3.15. The van der Waals surface area contributed by atoms with Crippen LogP contribution in [0.15, 0.2) is 30.3 Å². The number of benzene rings is 1.